The fourth-order valence-corrected chi connectivity index (χ4v) is 3.48. The minimum atomic E-state index is 0.349. The first-order chi connectivity index (χ1) is 8.79. The Morgan fingerprint density at radius 1 is 1.28 bits per heavy atom. The predicted octanol–water partition coefficient (Wildman–Crippen LogP) is 4.09. The lowest BCUT2D eigenvalue weighted by Crippen LogP contribution is -2.31. The van der Waals surface area contributed by atoms with Gasteiger partial charge in [0, 0.05) is 34.7 Å². The topological polar surface area (TPSA) is 12.0 Å². The highest BCUT2D eigenvalue weighted by Crippen LogP contribution is 2.25. The van der Waals surface area contributed by atoms with Crippen molar-refractivity contribution < 1.29 is 0 Å². The van der Waals surface area contributed by atoms with Crippen molar-refractivity contribution in [3.8, 4) is 12.3 Å². The van der Waals surface area contributed by atoms with Crippen LogP contribution in [0.3, 0.4) is 0 Å². The highest BCUT2D eigenvalue weighted by atomic mass is 32.1. The standard InChI is InChI=1S/C15H17NS2/c1-3-6-12(2)16-14(15-8-5-10-18-15)11-13-7-4-9-17-13/h1,4-5,7-10,12,14,16H,6,11H2,2H3. The van der Waals surface area contributed by atoms with Crippen LogP contribution in [-0.2, 0) is 6.42 Å². The average Bonchev–Trinajstić information content (AvgIpc) is 3.01. The fourth-order valence-electron chi connectivity index (χ4n) is 1.94. The first-order valence-corrected chi connectivity index (χ1v) is 7.81. The molecule has 1 nitrogen and oxygen atoms in total. The van der Waals surface area contributed by atoms with Crippen LogP contribution < -0.4 is 5.32 Å². The van der Waals surface area contributed by atoms with Crippen molar-refractivity contribution in [3.05, 3.63) is 44.8 Å². The van der Waals surface area contributed by atoms with Crippen molar-refractivity contribution in [1.29, 1.82) is 0 Å². The van der Waals surface area contributed by atoms with Gasteiger partial charge in [0.1, 0.15) is 0 Å². The van der Waals surface area contributed by atoms with Crippen LogP contribution in [0.25, 0.3) is 0 Å². The van der Waals surface area contributed by atoms with Gasteiger partial charge < -0.3 is 5.32 Å². The van der Waals surface area contributed by atoms with Crippen LogP contribution in [0.4, 0.5) is 0 Å². The van der Waals surface area contributed by atoms with Crippen LogP contribution in [0.15, 0.2) is 35.0 Å². The van der Waals surface area contributed by atoms with E-state index in [-0.39, 0.29) is 0 Å². The predicted molar refractivity (Wildman–Crippen MR) is 81.1 cm³/mol. The molecule has 0 bridgehead atoms. The smallest absolute Gasteiger partial charge is 0.0465 e. The summed E-state index contributed by atoms with van der Waals surface area (Å²) in [6.45, 7) is 2.15. The van der Waals surface area contributed by atoms with Gasteiger partial charge in [-0.2, -0.15) is 0 Å². The Kier molecular flexibility index (Phi) is 5.00. The summed E-state index contributed by atoms with van der Waals surface area (Å²) in [4.78, 5) is 2.79. The van der Waals surface area contributed by atoms with Gasteiger partial charge >= 0.3 is 0 Å². The second kappa shape index (κ2) is 6.75. The number of hydrogen-bond acceptors (Lipinski definition) is 3. The van der Waals surface area contributed by atoms with Crippen molar-refractivity contribution in [2.24, 2.45) is 0 Å². The number of hydrogen-bond donors (Lipinski definition) is 1. The summed E-state index contributed by atoms with van der Waals surface area (Å²) in [6.07, 6.45) is 7.18. The van der Waals surface area contributed by atoms with E-state index in [2.05, 4.69) is 53.2 Å². The molecule has 2 unspecified atom stereocenters. The van der Waals surface area contributed by atoms with Gasteiger partial charge in [-0.1, -0.05) is 12.1 Å². The zero-order chi connectivity index (χ0) is 12.8. The van der Waals surface area contributed by atoms with Gasteiger partial charge in [0.25, 0.3) is 0 Å². The van der Waals surface area contributed by atoms with Crippen LogP contribution in [0.1, 0.15) is 29.1 Å². The van der Waals surface area contributed by atoms with Crippen LogP contribution in [0.2, 0.25) is 0 Å². The van der Waals surface area contributed by atoms with Gasteiger partial charge in [-0.05, 0) is 29.8 Å². The maximum absolute atomic E-state index is 5.37. The molecule has 94 valence electrons. The lowest BCUT2D eigenvalue weighted by molar-refractivity contribution is 0.465. The van der Waals surface area contributed by atoms with Crippen molar-refractivity contribution in [2.75, 3.05) is 0 Å². The third kappa shape index (κ3) is 3.71. The van der Waals surface area contributed by atoms with Gasteiger partial charge in [0.15, 0.2) is 0 Å². The molecule has 0 spiro atoms. The highest BCUT2D eigenvalue weighted by Gasteiger charge is 2.16. The quantitative estimate of drug-likeness (QED) is 0.783. The molecule has 0 aliphatic heterocycles. The second-order valence-electron chi connectivity index (χ2n) is 4.33. The fraction of sp³-hybridized carbons (Fsp3) is 0.333. The lowest BCUT2D eigenvalue weighted by atomic mass is 10.1. The van der Waals surface area contributed by atoms with Crippen LogP contribution in [-0.4, -0.2) is 6.04 Å². The van der Waals surface area contributed by atoms with E-state index in [0.717, 1.165) is 12.8 Å². The Labute approximate surface area is 117 Å². The molecular weight excluding hydrogens is 258 g/mol. The summed E-state index contributed by atoms with van der Waals surface area (Å²) < 4.78 is 0. The lowest BCUT2D eigenvalue weighted by Gasteiger charge is -2.21. The number of terminal acetylenes is 1. The Morgan fingerprint density at radius 3 is 2.67 bits per heavy atom. The monoisotopic (exact) mass is 275 g/mol. The molecule has 0 aliphatic carbocycles. The Balaban J connectivity index is 2.06. The molecule has 2 rings (SSSR count). The normalized spacial score (nSPS) is 14.0. The maximum atomic E-state index is 5.37. The van der Waals surface area contributed by atoms with Gasteiger partial charge in [0.05, 0.1) is 0 Å². The summed E-state index contributed by atoms with van der Waals surface area (Å²) in [7, 11) is 0. The van der Waals surface area contributed by atoms with Gasteiger partial charge in [-0.3, -0.25) is 0 Å². The van der Waals surface area contributed by atoms with Crippen LogP contribution in [0, 0.1) is 12.3 Å². The van der Waals surface area contributed by atoms with Gasteiger partial charge in [-0.25, -0.2) is 0 Å². The summed E-state index contributed by atoms with van der Waals surface area (Å²) in [5.41, 5.74) is 0. The minimum absolute atomic E-state index is 0.349. The molecule has 3 heteroatoms. The first kappa shape index (κ1) is 13.4. The average molecular weight is 275 g/mol. The Morgan fingerprint density at radius 2 is 2.06 bits per heavy atom. The third-order valence-electron chi connectivity index (χ3n) is 2.78. The van der Waals surface area contributed by atoms with Crippen molar-refractivity contribution in [2.45, 2.75) is 31.8 Å². The van der Waals surface area contributed by atoms with Crippen molar-refractivity contribution in [3.63, 3.8) is 0 Å². The molecule has 2 heterocycles. The third-order valence-corrected chi connectivity index (χ3v) is 4.67. The first-order valence-electron chi connectivity index (χ1n) is 6.05. The molecule has 2 aromatic heterocycles. The van der Waals surface area contributed by atoms with Crippen LogP contribution >= 0.6 is 22.7 Å². The number of rotatable bonds is 6. The Bertz CT molecular complexity index is 479. The van der Waals surface area contributed by atoms with E-state index in [0.29, 0.717) is 12.1 Å². The van der Waals surface area contributed by atoms with Gasteiger partial charge in [-0.15, -0.1) is 35.0 Å². The number of thiophene rings is 2. The summed E-state index contributed by atoms with van der Waals surface area (Å²) in [5.74, 6) is 2.72. The second-order valence-corrected chi connectivity index (χ2v) is 6.34. The molecule has 2 aromatic rings. The molecule has 0 aliphatic rings. The molecule has 0 amide bonds. The largest absolute Gasteiger partial charge is 0.305 e. The van der Waals surface area contributed by atoms with E-state index in [1.54, 1.807) is 11.3 Å². The molecule has 18 heavy (non-hydrogen) atoms. The number of nitrogens with one attached hydrogen (secondary N) is 1. The zero-order valence-corrected chi connectivity index (χ0v) is 12.1. The summed E-state index contributed by atoms with van der Waals surface area (Å²) in [5, 5.41) is 7.89. The molecule has 0 saturated carbocycles. The van der Waals surface area contributed by atoms with E-state index in [1.807, 2.05) is 11.3 Å². The zero-order valence-electron chi connectivity index (χ0n) is 10.4. The Hall–Kier alpha value is -1.08. The van der Waals surface area contributed by atoms with Crippen LogP contribution in [0.5, 0.6) is 0 Å². The molecule has 1 N–H and O–H groups in total. The molecule has 0 radical (unpaired) electrons. The molecular formula is C15H17NS2. The van der Waals surface area contributed by atoms with E-state index >= 15 is 0 Å². The molecule has 0 saturated heterocycles. The van der Waals surface area contributed by atoms with E-state index in [9.17, 15) is 0 Å². The summed E-state index contributed by atoms with van der Waals surface area (Å²) in [6, 6.07) is 9.32. The maximum Gasteiger partial charge on any atom is 0.0465 e. The summed E-state index contributed by atoms with van der Waals surface area (Å²) >= 11 is 3.62. The molecule has 0 aromatic carbocycles. The van der Waals surface area contributed by atoms with Crippen molar-refractivity contribution in [1.82, 2.24) is 5.32 Å². The van der Waals surface area contributed by atoms with E-state index in [1.165, 1.54) is 9.75 Å². The SMILES string of the molecule is C#CCC(C)NC(Cc1cccs1)c1cccs1. The molecule has 2 atom stereocenters. The molecule has 0 fully saturated rings. The minimum Gasteiger partial charge on any atom is -0.305 e. The van der Waals surface area contributed by atoms with E-state index < -0.39 is 0 Å². The van der Waals surface area contributed by atoms with Crippen molar-refractivity contribution >= 4 is 22.7 Å². The van der Waals surface area contributed by atoms with E-state index in [4.69, 9.17) is 6.42 Å². The highest BCUT2D eigenvalue weighted by molar-refractivity contribution is 7.10. The van der Waals surface area contributed by atoms with Gasteiger partial charge in [0.2, 0.25) is 0 Å².